The maximum atomic E-state index is 12.8. The number of rotatable bonds is 63. The summed E-state index contributed by atoms with van der Waals surface area (Å²) in [5.74, 6) is -0.511. The van der Waals surface area contributed by atoms with Crippen LogP contribution in [0, 0.1) is 0 Å². The molecule has 74 heavy (non-hydrogen) atoms. The van der Waals surface area contributed by atoms with Gasteiger partial charge in [0.15, 0.2) is 0 Å². The summed E-state index contributed by atoms with van der Waals surface area (Å²) >= 11 is 0. The molecule has 0 aliphatic heterocycles. The Balaban J connectivity index is 4.32. The molecule has 0 heterocycles. The minimum absolute atomic E-state index is 0.145. The van der Waals surface area contributed by atoms with E-state index in [1.54, 1.807) is 0 Å². The molecule has 0 aromatic carbocycles. The maximum absolute atomic E-state index is 12.8. The van der Waals surface area contributed by atoms with Crippen LogP contribution in [0.5, 0.6) is 0 Å². The molecule has 0 spiro atoms. The van der Waals surface area contributed by atoms with Gasteiger partial charge in [0.05, 0.1) is 39.1 Å². The third-order valence-corrected chi connectivity index (χ3v) is 14.0. The number of esters is 3. The van der Waals surface area contributed by atoms with E-state index in [9.17, 15) is 14.4 Å². The van der Waals surface area contributed by atoms with E-state index in [-0.39, 0.29) is 17.9 Å². The molecule has 12 nitrogen and oxygen atoms in total. The Bertz CT molecular complexity index is 1100. The molecule has 0 fully saturated rings. The standard InChI is InChI=1S/C62H123N3O9/c1-5-8-11-14-17-23-32-51-69-54-35-26-20-29-38-57-72-60(66)41-44-63-45-48-64(4)49-50-65(46-42-61(67)73-58-39-30-21-27-36-55-70-52-33-24-18-15-12-9-6-2)47-43-62(68)74-59-40-31-22-28-37-56-71-53-34-25-19-16-13-10-7-3/h63H,5-59H2,1-4H3. The minimum Gasteiger partial charge on any atom is -0.466 e. The molecular weight excluding hydrogens is 931 g/mol. The van der Waals surface area contributed by atoms with Gasteiger partial charge in [0, 0.05) is 85.5 Å². The Kier molecular flexibility index (Phi) is 60.5. The number of ether oxygens (including phenoxy) is 6. The van der Waals surface area contributed by atoms with Crippen LogP contribution < -0.4 is 5.32 Å². The minimum atomic E-state index is -0.183. The highest BCUT2D eigenvalue weighted by atomic mass is 16.5. The zero-order chi connectivity index (χ0) is 53.7. The van der Waals surface area contributed by atoms with Crippen molar-refractivity contribution in [3.63, 3.8) is 0 Å². The number of nitrogens with one attached hydrogen (secondary N) is 1. The van der Waals surface area contributed by atoms with Gasteiger partial charge < -0.3 is 43.5 Å². The van der Waals surface area contributed by atoms with Gasteiger partial charge in [-0.25, -0.2) is 0 Å². The number of hydrogen-bond donors (Lipinski definition) is 1. The molecule has 0 bridgehead atoms. The summed E-state index contributed by atoms with van der Waals surface area (Å²) in [6.07, 6.45) is 44.5. The highest BCUT2D eigenvalue weighted by Crippen LogP contribution is 2.12. The Hall–Kier alpha value is -1.83. The van der Waals surface area contributed by atoms with Crippen LogP contribution in [0.15, 0.2) is 0 Å². The van der Waals surface area contributed by atoms with Gasteiger partial charge in [-0.15, -0.1) is 0 Å². The lowest BCUT2D eigenvalue weighted by atomic mass is 10.1. The first-order valence-electron chi connectivity index (χ1n) is 31.7. The van der Waals surface area contributed by atoms with E-state index in [0.29, 0.717) is 58.7 Å². The number of carbonyl (C=O) groups excluding carboxylic acids is 3. The van der Waals surface area contributed by atoms with Gasteiger partial charge in [0.2, 0.25) is 0 Å². The molecule has 0 saturated heterocycles. The fraction of sp³-hybridized carbons (Fsp3) is 0.952. The van der Waals surface area contributed by atoms with Crippen LogP contribution in [0.4, 0.5) is 0 Å². The number of unbranched alkanes of at least 4 members (excludes halogenated alkanes) is 30. The maximum Gasteiger partial charge on any atom is 0.307 e. The second-order valence-electron chi connectivity index (χ2n) is 21.3. The average Bonchev–Trinajstić information content (AvgIpc) is 3.40. The molecule has 0 rings (SSSR count). The third kappa shape index (κ3) is 59.4. The molecule has 0 atom stereocenters. The molecule has 440 valence electrons. The molecule has 0 aromatic rings. The molecule has 0 aliphatic carbocycles. The van der Waals surface area contributed by atoms with E-state index in [1.807, 2.05) is 0 Å². The average molecular weight is 1050 g/mol. The summed E-state index contributed by atoms with van der Waals surface area (Å²) in [4.78, 5) is 42.2. The van der Waals surface area contributed by atoms with Crippen molar-refractivity contribution in [1.29, 1.82) is 0 Å². The summed E-state index contributed by atoms with van der Waals surface area (Å²) in [6, 6.07) is 0. The molecule has 1 N–H and O–H groups in total. The van der Waals surface area contributed by atoms with Crippen molar-refractivity contribution in [2.24, 2.45) is 0 Å². The van der Waals surface area contributed by atoms with Crippen molar-refractivity contribution < 1.29 is 42.8 Å². The van der Waals surface area contributed by atoms with Crippen molar-refractivity contribution >= 4 is 17.9 Å². The number of carbonyl (C=O) groups is 3. The normalized spacial score (nSPS) is 11.6. The summed E-state index contributed by atoms with van der Waals surface area (Å²) in [5, 5.41) is 3.38. The SMILES string of the molecule is CCCCCCCCCOCCCCCCCOC(=O)CCNCCN(C)CCN(CCC(=O)OCCCCCCCOCCCCCCCCC)CCC(=O)OCCCCCCCOCCCCCCCCC. The number of nitrogens with zero attached hydrogens (tertiary/aromatic N) is 2. The van der Waals surface area contributed by atoms with Crippen LogP contribution in [0.3, 0.4) is 0 Å². The monoisotopic (exact) mass is 1050 g/mol. The molecular formula is C62H123N3O9. The Morgan fingerprint density at radius 1 is 0.297 bits per heavy atom. The second kappa shape index (κ2) is 62.0. The second-order valence-corrected chi connectivity index (χ2v) is 21.3. The number of hydrogen-bond acceptors (Lipinski definition) is 12. The van der Waals surface area contributed by atoms with Crippen LogP contribution in [0.2, 0.25) is 0 Å². The molecule has 0 aromatic heterocycles. The van der Waals surface area contributed by atoms with Crippen LogP contribution in [-0.4, -0.2) is 140 Å². The topological polar surface area (TPSA) is 125 Å². The Labute approximate surface area is 457 Å². The van der Waals surface area contributed by atoms with Gasteiger partial charge in [-0.2, -0.15) is 0 Å². The fourth-order valence-corrected chi connectivity index (χ4v) is 8.92. The van der Waals surface area contributed by atoms with Gasteiger partial charge in [0.25, 0.3) is 0 Å². The molecule has 0 amide bonds. The van der Waals surface area contributed by atoms with Crippen molar-refractivity contribution in [2.45, 2.75) is 271 Å². The summed E-state index contributed by atoms with van der Waals surface area (Å²) in [7, 11) is 2.08. The molecule has 12 heteroatoms. The largest absolute Gasteiger partial charge is 0.466 e. The highest BCUT2D eigenvalue weighted by Gasteiger charge is 2.14. The molecule has 0 radical (unpaired) electrons. The lowest BCUT2D eigenvalue weighted by molar-refractivity contribution is -0.145. The zero-order valence-electron chi connectivity index (χ0n) is 49.5. The Morgan fingerprint density at radius 3 is 0.878 bits per heavy atom. The zero-order valence-corrected chi connectivity index (χ0v) is 49.5. The van der Waals surface area contributed by atoms with Gasteiger partial charge in [0.1, 0.15) is 0 Å². The first kappa shape index (κ1) is 72.2. The third-order valence-electron chi connectivity index (χ3n) is 14.0. The highest BCUT2D eigenvalue weighted by molar-refractivity contribution is 5.70. The quantitative estimate of drug-likeness (QED) is 0.0354. The predicted octanol–water partition coefficient (Wildman–Crippen LogP) is 14.8. The lowest BCUT2D eigenvalue weighted by Gasteiger charge is -2.25. The summed E-state index contributed by atoms with van der Waals surface area (Å²) in [6.45, 7) is 18.1. The van der Waals surface area contributed by atoms with E-state index < -0.39 is 0 Å². The first-order valence-corrected chi connectivity index (χ1v) is 31.7. The van der Waals surface area contributed by atoms with E-state index >= 15 is 0 Å². The summed E-state index contributed by atoms with van der Waals surface area (Å²) < 4.78 is 34.2. The smallest absolute Gasteiger partial charge is 0.307 e. The van der Waals surface area contributed by atoms with Crippen molar-refractivity contribution in [2.75, 3.05) is 112 Å². The van der Waals surface area contributed by atoms with E-state index in [0.717, 1.165) is 156 Å². The predicted molar refractivity (Wildman–Crippen MR) is 309 cm³/mol. The van der Waals surface area contributed by atoms with E-state index in [1.165, 1.54) is 141 Å². The van der Waals surface area contributed by atoms with Crippen LogP contribution in [-0.2, 0) is 42.8 Å². The lowest BCUT2D eigenvalue weighted by Crippen LogP contribution is -2.38. The van der Waals surface area contributed by atoms with Gasteiger partial charge in [-0.1, -0.05) is 194 Å². The van der Waals surface area contributed by atoms with Gasteiger partial charge in [-0.3, -0.25) is 14.4 Å². The molecule has 0 saturated carbocycles. The summed E-state index contributed by atoms with van der Waals surface area (Å²) in [5.41, 5.74) is 0. The van der Waals surface area contributed by atoms with E-state index in [4.69, 9.17) is 28.4 Å². The van der Waals surface area contributed by atoms with Gasteiger partial charge >= 0.3 is 17.9 Å². The fourth-order valence-electron chi connectivity index (χ4n) is 8.92. The first-order chi connectivity index (χ1) is 36.4. The number of likely N-dealkylation sites (N-methyl/N-ethyl adjacent to an activating group) is 1. The van der Waals surface area contributed by atoms with Crippen LogP contribution in [0.1, 0.15) is 271 Å². The Morgan fingerprint density at radius 2 is 0.568 bits per heavy atom. The van der Waals surface area contributed by atoms with Crippen molar-refractivity contribution in [1.82, 2.24) is 15.1 Å². The van der Waals surface area contributed by atoms with Crippen LogP contribution in [0.25, 0.3) is 0 Å². The van der Waals surface area contributed by atoms with Crippen molar-refractivity contribution in [3.05, 3.63) is 0 Å². The van der Waals surface area contributed by atoms with Gasteiger partial charge in [-0.05, 0) is 64.8 Å². The molecule has 0 aliphatic rings. The van der Waals surface area contributed by atoms with Crippen molar-refractivity contribution in [3.8, 4) is 0 Å². The molecule has 0 unspecified atom stereocenters. The van der Waals surface area contributed by atoms with Crippen LogP contribution >= 0.6 is 0 Å². The van der Waals surface area contributed by atoms with E-state index in [2.05, 4.69) is 42.9 Å².